The van der Waals surface area contributed by atoms with Crippen LogP contribution in [0.25, 0.3) is 0 Å². The topological polar surface area (TPSA) is 147 Å². The monoisotopic (exact) mass is 505 g/mol. The van der Waals surface area contributed by atoms with Gasteiger partial charge in [0.25, 0.3) is 0 Å². The van der Waals surface area contributed by atoms with Crippen molar-refractivity contribution in [1.29, 1.82) is 0 Å². The van der Waals surface area contributed by atoms with Crippen molar-refractivity contribution in [3.8, 4) is 5.75 Å². The van der Waals surface area contributed by atoms with Gasteiger partial charge in [-0.25, -0.2) is 14.6 Å². The van der Waals surface area contributed by atoms with E-state index < -0.39 is 23.4 Å². The second kappa shape index (κ2) is 11.4. The van der Waals surface area contributed by atoms with Gasteiger partial charge in [0.05, 0.1) is 17.6 Å². The molecule has 3 N–H and O–H groups in total. The molecular formula is C24H39N7O5. The van der Waals surface area contributed by atoms with E-state index in [0.29, 0.717) is 34.4 Å². The van der Waals surface area contributed by atoms with Crippen molar-refractivity contribution in [1.82, 2.24) is 19.7 Å². The molecule has 2 heterocycles. The van der Waals surface area contributed by atoms with Gasteiger partial charge in [-0.1, -0.05) is 13.3 Å². The van der Waals surface area contributed by atoms with E-state index in [0.717, 1.165) is 18.5 Å². The maximum absolute atomic E-state index is 13.0. The zero-order valence-corrected chi connectivity index (χ0v) is 22.8. The molecule has 0 bridgehead atoms. The summed E-state index contributed by atoms with van der Waals surface area (Å²) in [7, 11) is 1.80. The normalized spacial score (nSPS) is 11.7. The van der Waals surface area contributed by atoms with Crippen LogP contribution in [0, 0.1) is 6.92 Å². The number of ether oxygens (including phenoxy) is 3. The van der Waals surface area contributed by atoms with E-state index in [9.17, 15) is 9.59 Å². The molecule has 2 aromatic heterocycles. The fraction of sp³-hybridized carbons (Fsp3) is 0.625. The van der Waals surface area contributed by atoms with Gasteiger partial charge >= 0.3 is 12.2 Å². The molecular weight excluding hydrogens is 466 g/mol. The highest BCUT2D eigenvalue weighted by Crippen LogP contribution is 2.27. The maximum atomic E-state index is 13.0. The molecule has 2 amide bonds. The van der Waals surface area contributed by atoms with Gasteiger partial charge in [0.15, 0.2) is 11.6 Å². The second-order valence-corrected chi connectivity index (χ2v) is 10.3. The summed E-state index contributed by atoms with van der Waals surface area (Å²) in [5, 5.41) is 7.55. The average Bonchev–Trinajstić information content (AvgIpc) is 2.97. The molecule has 36 heavy (non-hydrogen) atoms. The lowest BCUT2D eigenvalue weighted by atomic mass is 10.2. The van der Waals surface area contributed by atoms with Gasteiger partial charge in [-0.2, -0.15) is 10.1 Å². The molecule has 0 aliphatic carbocycles. The molecule has 0 aliphatic heterocycles. The Morgan fingerprint density at radius 3 is 2.17 bits per heavy atom. The zero-order chi connectivity index (χ0) is 27.3. The predicted octanol–water partition coefficient (Wildman–Crippen LogP) is 4.57. The molecule has 0 spiro atoms. The Morgan fingerprint density at radius 1 is 1.11 bits per heavy atom. The molecule has 0 saturated carbocycles. The van der Waals surface area contributed by atoms with E-state index in [2.05, 4.69) is 27.3 Å². The Kier molecular flexibility index (Phi) is 9.11. The number of carbonyl (C=O) groups excluding carboxylic acids is 2. The number of aryl methyl sites for hydroxylation is 1. The van der Waals surface area contributed by atoms with Gasteiger partial charge in [-0.15, -0.1) is 4.90 Å². The Bertz CT molecular complexity index is 1040. The van der Waals surface area contributed by atoms with E-state index in [1.54, 1.807) is 53.3 Å². The van der Waals surface area contributed by atoms with Crippen LogP contribution in [-0.4, -0.2) is 49.7 Å². The standard InChI is InChI=1S/C24H39N7O5/c1-10-11-12-26-19-17(34-14-16-18(25)15(2)30(9)29-16)13-27-20(28-19)31(21(32)35-23(3,4)5)22(33)36-24(6,7)8/h13H,10-12,14,25H2,1-9H3,(H,26,27,28). The summed E-state index contributed by atoms with van der Waals surface area (Å²) < 4.78 is 18.4. The highest BCUT2D eigenvalue weighted by molar-refractivity contribution is 6.08. The summed E-state index contributed by atoms with van der Waals surface area (Å²) in [6, 6.07) is 0. The zero-order valence-electron chi connectivity index (χ0n) is 22.8. The fourth-order valence-electron chi connectivity index (χ4n) is 2.88. The van der Waals surface area contributed by atoms with Crippen molar-refractivity contribution in [2.75, 3.05) is 22.5 Å². The quantitative estimate of drug-likeness (QED) is 0.489. The largest absolute Gasteiger partial charge is 0.482 e. The number of nitrogens with one attached hydrogen (secondary N) is 1. The van der Waals surface area contributed by atoms with Crippen molar-refractivity contribution in [2.45, 2.75) is 86.0 Å². The number of hydrogen-bond acceptors (Lipinski definition) is 10. The van der Waals surface area contributed by atoms with Crippen LogP contribution in [0.2, 0.25) is 0 Å². The van der Waals surface area contributed by atoms with E-state index >= 15 is 0 Å². The van der Waals surface area contributed by atoms with Crippen LogP contribution in [0.4, 0.5) is 27.0 Å². The van der Waals surface area contributed by atoms with Crippen LogP contribution in [0.15, 0.2) is 6.20 Å². The number of hydrogen-bond donors (Lipinski definition) is 2. The first-order valence-electron chi connectivity index (χ1n) is 11.9. The molecule has 0 aliphatic rings. The third kappa shape index (κ3) is 7.99. The summed E-state index contributed by atoms with van der Waals surface area (Å²) in [4.78, 5) is 35.3. The molecule has 12 nitrogen and oxygen atoms in total. The van der Waals surface area contributed by atoms with Gasteiger partial charge in [-0.3, -0.25) is 4.68 Å². The molecule has 2 aromatic rings. The molecule has 2 rings (SSSR count). The number of anilines is 3. The van der Waals surface area contributed by atoms with Crippen molar-refractivity contribution < 1.29 is 23.8 Å². The van der Waals surface area contributed by atoms with Crippen molar-refractivity contribution in [3.05, 3.63) is 17.6 Å². The summed E-state index contributed by atoms with van der Waals surface area (Å²) in [5.41, 5.74) is 6.34. The molecule has 12 heteroatoms. The van der Waals surface area contributed by atoms with E-state index in [1.165, 1.54) is 6.20 Å². The van der Waals surface area contributed by atoms with Crippen LogP contribution in [0.5, 0.6) is 5.75 Å². The number of aromatic nitrogens is 4. The second-order valence-electron chi connectivity index (χ2n) is 10.3. The highest BCUT2D eigenvalue weighted by Gasteiger charge is 2.35. The van der Waals surface area contributed by atoms with Gasteiger partial charge in [0, 0.05) is 13.6 Å². The first-order chi connectivity index (χ1) is 16.6. The number of nitrogens with zero attached hydrogens (tertiary/aromatic N) is 5. The van der Waals surface area contributed by atoms with Crippen molar-refractivity contribution >= 4 is 29.6 Å². The Hall–Kier alpha value is -3.57. The number of carbonyl (C=O) groups is 2. The molecule has 0 fully saturated rings. The lowest BCUT2D eigenvalue weighted by molar-refractivity contribution is 0.0427. The number of imide groups is 1. The Labute approximate surface area is 212 Å². The van der Waals surface area contributed by atoms with Gasteiger partial charge in [0.2, 0.25) is 5.95 Å². The van der Waals surface area contributed by atoms with Gasteiger partial charge in [-0.05, 0) is 54.9 Å². The first kappa shape index (κ1) is 28.7. The number of amides is 2. The SMILES string of the molecule is CCCCNc1nc(N(C(=O)OC(C)(C)C)C(=O)OC(C)(C)C)ncc1OCc1nn(C)c(C)c1N. The number of nitrogen functional groups attached to an aromatic ring is 1. The molecule has 0 unspecified atom stereocenters. The van der Waals surface area contributed by atoms with Crippen LogP contribution >= 0.6 is 0 Å². The molecule has 0 atom stereocenters. The predicted molar refractivity (Wildman–Crippen MR) is 137 cm³/mol. The minimum atomic E-state index is -0.957. The summed E-state index contributed by atoms with van der Waals surface area (Å²) in [6.07, 6.45) is 1.28. The lowest BCUT2D eigenvalue weighted by Gasteiger charge is -2.27. The molecule has 0 saturated heterocycles. The minimum absolute atomic E-state index is 0.0839. The van der Waals surface area contributed by atoms with Gasteiger partial charge < -0.3 is 25.3 Å². The van der Waals surface area contributed by atoms with Crippen LogP contribution < -0.4 is 20.7 Å². The smallest absolute Gasteiger partial charge is 0.427 e. The summed E-state index contributed by atoms with van der Waals surface area (Å²) >= 11 is 0. The van der Waals surface area contributed by atoms with Crippen molar-refractivity contribution in [2.24, 2.45) is 7.05 Å². The lowest BCUT2D eigenvalue weighted by Crippen LogP contribution is -2.44. The summed E-state index contributed by atoms with van der Waals surface area (Å²) in [5.74, 6) is 0.403. The third-order valence-electron chi connectivity index (χ3n) is 4.74. The minimum Gasteiger partial charge on any atom is -0.482 e. The van der Waals surface area contributed by atoms with E-state index in [-0.39, 0.29) is 12.6 Å². The molecule has 0 aromatic carbocycles. The van der Waals surface area contributed by atoms with E-state index in [4.69, 9.17) is 19.9 Å². The third-order valence-corrected chi connectivity index (χ3v) is 4.74. The number of unbranched alkanes of at least 4 members (excludes halogenated alkanes) is 1. The average molecular weight is 506 g/mol. The first-order valence-corrected chi connectivity index (χ1v) is 11.9. The maximum Gasteiger partial charge on any atom is 0.427 e. The van der Waals surface area contributed by atoms with Gasteiger partial charge in [0.1, 0.15) is 23.5 Å². The van der Waals surface area contributed by atoms with Crippen molar-refractivity contribution in [3.63, 3.8) is 0 Å². The number of nitrogens with two attached hydrogens (primary N) is 1. The molecule has 200 valence electrons. The Balaban J connectivity index is 2.43. The fourth-order valence-corrected chi connectivity index (χ4v) is 2.88. The van der Waals surface area contributed by atoms with E-state index in [1.807, 2.05) is 6.92 Å². The van der Waals surface area contributed by atoms with Crippen LogP contribution in [-0.2, 0) is 23.1 Å². The molecule has 0 radical (unpaired) electrons. The highest BCUT2D eigenvalue weighted by atomic mass is 16.6. The Morgan fingerprint density at radius 2 is 1.69 bits per heavy atom. The van der Waals surface area contributed by atoms with Crippen LogP contribution in [0.3, 0.4) is 0 Å². The van der Waals surface area contributed by atoms with Crippen LogP contribution in [0.1, 0.15) is 72.7 Å². The summed E-state index contributed by atoms with van der Waals surface area (Å²) in [6.45, 7) is 14.8. The number of rotatable bonds is 8.